The van der Waals surface area contributed by atoms with Gasteiger partial charge in [-0.05, 0) is 5.67 Å². The van der Waals surface area contributed by atoms with E-state index in [0.29, 0.717) is 5.67 Å². The fourth-order valence-corrected chi connectivity index (χ4v) is 30.4. The fourth-order valence-electron chi connectivity index (χ4n) is 0.591. The molecular weight excluding hydrogens is 356 g/mol. The Morgan fingerprint density at radius 2 is 1.33 bits per heavy atom. The van der Waals surface area contributed by atoms with Gasteiger partial charge in [0.15, 0.2) is 0 Å². The van der Waals surface area contributed by atoms with Crippen LogP contribution in [0.25, 0.3) is 0 Å². The van der Waals surface area contributed by atoms with Crippen LogP contribution in [0.4, 0.5) is 0 Å². The van der Waals surface area contributed by atoms with E-state index in [1.165, 1.54) is 0 Å². The van der Waals surface area contributed by atoms with Gasteiger partial charge in [0.2, 0.25) is 7.42 Å². The summed E-state index contributed by atoms with van der Waals surface area (Å²) in [4.78, 5) is 0. The maximum absolute atomic E-state index is 5.97. The van der Waals surface area contributed by atoms with Crippen molar-refractivity contribution in [3.05, 3.63) is 0 Å². The van der Waals surface area contributed by atoms with Gasteiger partial charge in [0.05, 0.1) is 0 Å². The highest BCUT2D eigenvalue weighted by Gasteiger charge is 2.41. The third-order valence-corrected chi connectivity index (χ3v) is 19.8. The minimum absolute atomic E-state index is 0.288. The molecule has 0 saturated heterocycles. The Hall–Kier alpha value is 2.68. The van der Waals surface area contributed by atoms with Crippen LogP contribution in [0.1, 0.15) is 0 Å². The van der Waals surface area contributed by atoms with Crippen LogP contribution in [0.5, 0.6) is 0 Å². The van der Waals surface area contributed by atoms with E-state index in [0.717, 1.165) is 0 Å². The summed E-state index contributed by atoms with van der Waals surface area (Å²) < 4.78 is 0. The first-order valence-corrected chi connectivity index (χ1v) is 16.8. The van der Waals surface area contributed by atoms with Gasteiger partial charge in [0.25, 0.3) is 6.69 Å². The smallest absolute Gasteiger partial charge is 0.151 e. The van der Waals surface area contributed by atoms with Gasteiger partial charge >= 0.3 is 6.00 Å². The fraction of sp³-hybridized carbons (Fsp3) is 1.00. The zero-order valence-corrected chi connectivity index (χ0v) is 14.1. The van der Waals surface area contributed by atoms with Gasteiger partial charge in [0, 0.05) is 5.67 Å². The minimum Gasteiger partial charge on any atom is -0.151 e. The highest BCUT2D eigenvalue weighted by molar-refractivity contribution is 7.70. The van der Waals surface area contributed by atoms with Crippen molar-refractivity contribution in [1.29, 1.82) is 0 Å². The summed E-state index contributed by atoms with van der Waals surface area (Å²) in [6, 6.07) is -2.74. The molecule has 0 aliphatic heterocycles. The van der Waals surface area contributed by atoms with Gasteiger partial charge in [-0.1, -0.05) is 0 Å². The molecular formula is C2H5Cl7Si3. The average molecular weight is 361 g/mol. The molecule has 0 aromatic heterocycles. The third-order valence-electron chi connectivity index (χ3n) is 0.912. The van der Waals surface area contributed by atoms with Crippen molar-refractivity contribution in [2.75, 3.05) is 0 Å². The molecule has 0 radical (unpaired) electrons. The molecule has 0 N–H and O–H groups in total. The summed E-state index contributed by atoms with van der Waals surface area (Å²) in [7, 11) is -1.80. The normalized spacial score (nSPS) is 14.0. The van der Waals surface area contributed by atoms with Gasteiger partial charge in [-0.3, -0.25) is 0 Å². The van der Waals surface area contributed by atoms with E-state index < -0.39 is 20.1 Å². The Morgan fingerprint density at radius 1 is 0.917 bits per heavy atom. The summed E-state index contributed by atoms with van der Waals surface area (Å²) in [6.45, 7) is -2.49. The van der Waals surface area contributed by atoms with Crippen molar-refractivity contribution < 1.29 is 0 Å². The minimum atomic E-state index is -2.74. The average Bonchev–Trinajstić information content (AvgIpc) is 1.48. The van der Waals surface area contributed by atoms with E-state index in [-0.39, 0.29) is 5.67 Å². The van der Waals surface area contributed by atoms with Crippen LogP contribution < -0.4 is 0 Å². The lowest BCUT2D eigenvalue weighted by Crippen LogP contribution is -2.31. The van der Waals surface area contributed by atoms with Crippen LogP contribution in [0.3, 0.4) is 0 Å². The highest BCUT2D eigenvalue weighted by Crippen LogP contribution is 2.38. The predicted octanol–water partition coefficient (Wildman–Crippen LogP) is 4.34. The number of hydrogen-bond donors (Lipinski definition) is 0. The zero-order chi connectivity index (χ0) is 9.99. The SMILES string of the molecule is Cl[SiH](Cl)C[Si](Cl)(Cl)C[Si](Cl)(Cl)Cl. The van der Waals surface area contributed by atoms with Gasteiger partial charge in [-0.25, -0.2) is 0 Å². The molecule has 0 rings (SSSR count). The van der Waals surface area contributed by atoms with Crippen LogP contribution >= 0.6 is 77.6 Å². The second-order valence-corrected chi connectivity index (χ2v) is 25.3. The summed E-state index contributed by atoms with van der Waals surface area (Å²) >= 11 is 40.2. The molecule has 12 heavy (non-hydrogen) atoms. The van der Waals surface area contributed by atoms with E-state index in [1.54, 1.807) is 0 Å². The molecule has 0 amide bonds. The second-order valence-electron chi connectivity index (χ2n) is 2.24. The molecule has 0 bridgehead atoms. The summed E-state index contributed by atoms with van der Waals surface area (Å²) in [6.07, 6.45) is 0. The van der Waals surface area contributed by atoms with E-state index in [2.05, 4.69) is 0 Å². The highest BCUT2D eigenvalue weighted by atomic mass is 35.8. The maximum Gasteiger partial charge on any atom is 0.341 e. The Balaban J connectivity index is 4.04. The topological polar surface area (TPSA) is 0 Å². The first-order valence-electron chi connectivity index (χ1n) is 2.85. The molecule has 0 aliphatic carbocycles. The predicted molar refractivity (Wildman–Crippen MR) is 69.2 cm³/mol. The molecule has 0 unspecified atom stereocenters. The Bertz CT molecular complexity index is 140. The molecule has 0 aromatic carbocycles. The lowest BCUT2D eigenvalue weighted by atomic mass is 11.8. The van der Waals surface area contributed by atoms with Crippen molar-refractivity contribution in [2.24, 2.45) is 0 Å². The van der Waals surface area contributed by atoms with Crippen molar-refractivity contribution in [1.82, 2.24) is 0 Å². The van der Waals surface area contributed by atoms with Crippen LogP contribution in [-0.2, 0) is 0 Å². The van der Waals surface area contributed by atoms with Crippen LogP contribution in [0.15, 0.2) is 0 Å². The van der Waals surface area contributed by atoms with Crippen LogP contribution in [0, 0.1) is 0 Å². The Kier molecular flexibility index (Phi) is 6.95. The lowest BCUT2D eigenvalue weighted by Gasteiger charge is -2.19. The molecule has 74 valence electrons. The number of rotatable bonds is 4. The summed E-state index contributed by atoms with van der Waals surface area (Å²) in [5.74, 6) is 0. The first kappa shape index (κ1) is 14.7. The lowest BCUT2D eigenvalue weighted by molar-refractivity contribution is 1.81. The quantitative estimate of drug-likeness (QED) is 0.516. The molecule has 0 aliphatic rings. The molecule has 0 nitrogen and oxygen atoms in total. The second kappa shape index (κ2) is 5.68. The van der Waals surface area contributed by atoms with Crippen molar-refractivity contribution in [3.63, 3.8) is 0 Å². The monoisotopic (exact) mass is 358 g/mol. The van der Waals surface area contributed by atoms with Crippen molar-refractivity contribution in [2.45, 2.75) is 11.3 Å². The van der Waals surface area contributed by atoms with E-state index in [4.69, 9.17) is 77.6 Å². The van der Waals surface area contributed by atoms with E-state index >= 15 is 0 Å². The molecule has 0 saturated carbocycles. The van der Waals surface area contributed by atoms with Crippen LogP contribution in [0.2, 0.25) is 11.3 Å². The van der Waals surface area contributed by atoms with Gasteiger partial charge in [-0.15, -0.1) is 55.4 Å². The van der Waals surface area contributed by atoms with Crippen molar-refractivity contribution in [3.8, 4) is 0 Å². The molecule has 10 heteroatoms. The number of hydrogen-bond acceptors (Lipinski definition) is 0. The van der Waals surface area contributed by atoms with E-state index in [9.17, 15) is 0 Å². The van der Waals surface area contributed by atoms with Gasteiger partial charge in [0.1, 0.15) is 0 Å². The summed E-state index contributed by atoms with van der Waals surface area (Å²) in [5.41, 5.74) is 0.747. The Morgan fingerprint density at radius 3 is 1.58 bits per heavy atom. The first-order chi connectivity index (χ1) is 5.12. The molecule has 0 aromatic rings. The largest absolute Gasteiger partial charge is 0.341 e. The maximum atomic E-state index is 5.97. The van der Waals surface area contributed by atoms with Gasteiger partial charge < -0.3 is 0 Å². The number of halogens is 7. The molecule has 0 heterocycles. The molecule has 0 atom stereocenters. The standard InChI is InChI=1S/C2H5Cl7Si3/c3-10(4)1-11(5,6)2-12(7,8)9/h10H,1-2H2. The Labute approximate surface area is 108 Å². The van der Waals surface area contributed by atoms with Crippen molar-refractivity contribution >= 4 is 97.7 Å². The molecule has 0 fully saturated rings. The summed E-state index contributed by atoms with van der Waals surface area (Å²) in [5, 5.41) is 0. The van der Waals surface area contributed by atoms with E-state index in [1.807, 2.05) is 0 Å². The van der Waals surface area contributed by atoms with Gasteiger partial charge in [-0.2, -0.15) is 22.2 Å². The molecule has 0 spiro atoms. The zero-order valence-electron chi connectivity index (χ0n) is 5.64. The van der Waals surface area contributed by atoms with Crippen LogP contribution in [-0.4, -0.2) is 20.1 Å². The third kappa shape index (κ3) is 9.24.